The van der Waals surface area contributed by atoms with Crippen LogP contribution in [-0.4, -0.2) is 92.2 Å². The van der Waals surface area contributed by atoms with Crippen molar-refractivity contribution in [2.24, 2.45) is 0 Å². The van der Waals surface area contributed by atoms with Crippen LogP contribution in [0, 0.1) is 0 Å². The van der Waals surface area contributed by atoms with Gasteiger partial charge in [-0.25, -0.2) is 9.59 Å². The molecule has 0 saturated carbocycles. The summed E-state index contributed by atoms with van der Waals surface area (Å²) in [5, 5.41) is 0. The SMILES string of the molecule is COCCOCCOC(=O)C1=C(C(=O)OCCOCCOC)N(c2ccccc2)CN(c2ccccc2)C1. The summed E-state index contributed by atoms with van der Waals surface area (Å²) in [4.78, 5) is 30.5. The van der Waals surface area contributed by atoms with E-state index in [0.29, 0.717) is 33.1 Å². The summed E-state index contributed by atoms with van der Waals surface area (Å²) in [7, 11) is 3.17. The largest absolute Gasteiger partial charge is 0.460 e. The molecule has 0 spiro atoms. The molecule has 0 aromatic heterocycles. The fourth-order valence-electron chi connectivity index (χ4n) is 3.78. The number of nitrogens with zero attached hydrogens (tertiary/aromatic N) is 2. The number of carbonyl (C=O) groups is 2. The highest BCUT2D eigenvalue weighted by molar-refractivity contribution is 6.04. The normalized spacial score (nSPS) is 13.5. The Morgan fingerprint density at radius 3 is 1.71 bits per heavy atom. The van der Waals surface area contributed by atoms with Crippen molar-refractivity contribution in [1.29, 1.82) is 0 Å². The van der Waals surface area contributed by atoms with Gasteiger partial charge in [0.25, 0.3) is 0 Å². The molecule has 0 unspecified atom stereocenters. The van der Waals surface area contributed by atoms with E-state index in [0.717, 1.165) is 11.4 Å². The molecule has 10 heteroatoms. The average molecular weight is 529 g/mol. The number of carbonyl (C=O) groups excluding carboxylic acids is 2. The number of ether oxygens (including phenoxy) is 6. The van der Waals surface area contributed by atoms with Crippen molar-refractivity contribution >= 4 is 23.3 Å². The minimum absolute atomic E-state index is 0.0345. The van der Waals surface area contributed by atoms with Crippen molar-refractivity contribution in [3.63, 3.8) is 0 Å². The Hall–Kier alpha value is -3.44. The summed E-state index contributed by atoms with van der Waals surface area (Å²) in [6, 6.07) is 19.1. The number of methoxy groups -OCH3 is 2. The molecular weight excluding hydrogens is 492 g/mol. The second-order valence-corrected chi connectivity index (χ2v) is 8.25. The first kappa shape index (κ1) is 29.1. The number of rotatable bonds is 16. The molecule has 2 aromatic carbocycles. The summed E-state index contributed by atoms with van der Waals surface area (Å²) in [6.07, 6.45) is 0. The summed E-state index contributed by atoms with van der Waals surface area (Å²) in [6.45, 7) is 2.68. The van der Waals surface area contributed by atoms with Crippen molar-refractivity contribution in [2.45, 2.75) is 0 Å². The topological polar surface area (TPSA) is 96.0 Å². The van der Waals surface area contributed by atoms with Gasteiger partial charge in [-0.1, -0.05) is 36.4 Å². The quantitative estimate of drug-likeness (QED) is 0.239. The maximum atomic E-state index is 13.4. The molecule has 0 amide bonds. The molecule has 0 aliphatic carbocycles. The van der Waals surface area contributed by atoms with Crippen LogP contribution in [-0.2, 0) is 38.0 Å². The lowest BCUT2D eigenvalue weighted by molar-refractivity contribution is -0.144. The third-order valence-corrected chi connectivity index (χ3v) is 5.63. The molecule has 2 aromatic rings. The van der Waals surface area contributed by atoms with Gasteiger partial charge in [0.2, 0.25) is 0 Å². The van der Waals surface area contributed by atoms with Gasteiger partial charge in [-0.15, -0.1) is 0 Å². The summed E-state index contributed by atoms with van der Waals surface area (Å²) >= 11 is 0. The smallest absolute Gasteiger partial charge is 0.355 e. The van der Waals surface area contributed by atoms with Crippen LogP contribution in [0.15, 0.2) is 71.9 Å². The monoisotopic (exact) mass is 528 g/mol. The summed E-state index contributed by atoms with van der Waals surface area (Å²) in [5.41, 5.74) is 1.99. The minimum atomic E-state index is -0.625. The van der Waals surface area contributed by atoms with Crippen LogP contribution in [0.4, 0.5) is 11.4 Å². The van der Waals surface area contributed by atoms with Crippen molar-refractivity contribution in [3.05, 3.63) is 71.9 Å². The molecule has 1 aliphatic rings. The lowest BCUT2D eigenvalue weighted by Gasteiger charge is -2.39. The van der Waals surface area contributed by atoms with Crippen LogP contribution < -0.4 is 9.80 Å². The molecule has 0 fully saturated rings. The highest BCUT2D eigenvalue weighted by atomic mass is 16.6. The van der Waals surface area contributed by atoms with Crippen molar-refractivity contribution < 1.29 is 38.0 Å². The molecule has 206 valence electrons. The van der Waals surface area contributed by atoms with Crippen LogP contribution >= 0.6 is 0 Å². The first-order valence-electron chi connectivity index (χ1n) is 12.5. The number of esters is 2. The van der Waals surface area contributed by atoms with Gasteiger partial charge >= 0.3 is 11.9 Å². The van der Waals surface area contributed by atoms with Gasteiger partial charge < -0.3 is 38.2 Å². The maximum Gasteiger partial charge on any atom is 0.355 e. The van der Waals surface area contributed by atoms with Crippen LogP contribution in [0.2, 0.25) is 0 Å². The highest BCUT2D eigenvalue weighted by Gasteiger charge is 2.35. The second-order valence-electron chi connectivity index (χ2n) is 8.25. The number of hydrogen-bond acceptors (Lipinski definition) is 10. The Morgan fingerprint density at radius 1 is 0.658 bits per heavy atom. The zero-order valence-corrected chi connectivity index (χ0v) is 22.0. The number of hydrogen-bond donors (Lipinski definition) is 0. The van der Waals surface area contributed by atoms with Gasteiger partial charge in [-0.3, -0.25) is 0 Å². The van der Waals surface area contributed by atoms with E-state index in [2.05, 4.69) is 0 Å². The summed E-state index contributed by atoms with van der Waals surface area (Å²) < 4.78 is 31.8. The Morgan fingerprint density at radius 2 is 1.16 bits per heavy atom. The summed E-state index contributed by atoms with van der Waals surface area (Å²) in [5.74, 6) is -1.23. The van der Waals surface area contributed by atoms with E-state index in [1.807, 2.05) is 65.6 Å². The van der Waals surface area contributed by atoms with E-state index >= 15 is 0 Å². The maximum absolute atomic E-state index is 13.4. The van der Waals surface area contributed by atoms with Crippen molar-refractivity contribution in [2.75, 3.05) is 90.1 Å². The first-order chi connectivity index (χ1) is 18.7. The minimum Gasteiger partial charge on any atom is -0.460 e. The Labute approximate surface area is 223 Å². The van der Waals surface area contributed by atoms with E-state index < -0.39 is 11.9 Å². The fraction of sp³-hybridized carbons (Fsp3) is 0.429. The Bertz CT molecular complexity index is 1020. The fourth-order valence-corrected chi connectivity index (χ4v) is 3.78. The second kappa shape index (κ2) is 16.4. The molecule has 3 rings (SSSR count). The molecule has 1 aliphatic heterocycles. The number of benzene rings is 2. The first-order valence-corrected chi connectivity index (χ1v) is 12.5. The van der Waals surface area contributed by atoms with Crippen LogP contribution in [0.5, 0.6) is 0 Å². The van der Waals surface area contributed by atoms with Gasteiger partial charge in [0.05, 0.1) is 58.4 Å². The zero-order valence-electron chi connectivity index (χ0n) is 22.0. The van der Waals surface area contributed by atoms with E-state index in [1.165, 1.54) is 0 Å². The van der Waals surface area contributed by atoms with Gasteiger partial charge in [-0.05, 0) is 24.3 Å². The zero-order chi connectivity index (χ0) is 27.0. The van der Waals surface area contributed by atoms with Gasteiger partial charge in [-0.2, -0.15) is 0 Å². The van der Waals surface area contributed by atoms with Crippen LogP contribution in [0.1, 0.15) is 0 Å². The Kier molecular flexibility index (Phi) is 12.6. The predicted molar refractivity (Wildman–Crippen MR) is 142 cm³/mol. The Balaban J connectivity index is 1.86. The molecule has 0 bridgehead atoms. The third-order valence-electron chi connectivity index (χ3n) is 5.63. The van der Waals surface area contributed by atoms with Gasteiger partial charge in [0.15, 0.2) is 0 Å². The van der Waals surface area contributed by atoms with Gasteiger partial charge in [0, 0.05) is 25.6 Å². The van der Waals surface area contributed by atoms with Crippen molar-refractivity contribution in [1.82, 2.24) is 0 Å². The third kappa shape index (κ3) is 8.84. The standard InChI is InChI=1S/C28H36N2O8/c1-33-13-15-35-17-19-37-27(31)25-21-29(23-9-5-3-6-10-23)22-30(24-11-7-4-8-12-24)26(25)28(32)38-20-18-36-16-14-34-2/h3-12H,13-22H2,1-2H3. The molecule has 38 heavy (non-hydrogen) atoms. The lowest BCUT2D eigenvalue weighted by atomic mass is 10.1. The molecule has 1 heterocycles. The molecule has 0 atom stereocenters. The molecule has 10 nitrogen and oxygen atoms in total. The number of para-hydroxylation sites is 2. The highest BCUT2D eigenvalue weighted by Crippen LogP contribution is 2.30. The molecule has 0 radical (unpaired) electrons. The van der Waals surface area contributed by atoms with E-state index in [1.54, 1.807) is 19.1 Å². The van der Waals surface area contributed by atoms with Crippen LogP contribution in [0.3, 0.4) is 0 Å². The molecular formula is C28H36N2O8. The average Bonchev–Trinajstić information content (AvgIpc) is 2.96. The predicted octanol–water partition coefficient (Wildman–Crippen LogP) is 2.64. The molecule has 0 N–H and O–H groups in total. The van der Waals surface area contributed by atoms with E-state index in [4.69, 9.17) is 28.4 Å². The van der Waals surface area contributed by atoms with Gasteiger partial charge in [0.1, 0.15) is 18.9 Å². The van der Waals surface area contributed by atoms with Crippen LogP contribution in [0.25, 0.3) is 0 Å². The lowest BCUT2D eigenvalue weighted by Crippen LogP contribution is -2.48. The van der Waals surface area contributed by atoms with Crippen molar-refractivity contribution in [3.8, 4) is 0 Å². The molecule has 0 saturated heterocycles. The number of anilines is 2. The van der Waals surface area contributed by atoms with E-state index in [9.17, 15) is 9.59 Å². The van der Waals surface area contributed by atoms with E-state index in [-0.39, 0.29) is 44.2 Å².